The van der Waals surface area contributed by atoms with E-state index in [0.29, 0.717) is 25.0 Å². The molecule has 4 rings (SSSR count). The second-order valence-corrected chi connectivity index (χ2v) is 9.84. The van der Waals surface area contributed by atoms with Crippen LogP contribution in [0.4, 0.5) is 0 Å². The summed E-state index contributed by atoms with van der Waals surface area (Å²) in [5.41, 5.74) is 0. The molecule has 0 saturated heterocycles. The number of carbonyl (C=O) groups excluding carboxylic acids is 1. The molecule has 3 radical (unpaired) electrons. The van der Waals surface area contributed by atoms with Crippen LogP contribution in [0.5, 0.6) is 11.8 Å². The van der Waals surface area contributed by atoms with Gasteiger partial charge in [0, 0.05) is 76.5 Å². The maximum atomic E-state index is 11.1. The third-order valence-electron chi connectivity index (χ3n) is 5.27. The van der Waals surface area contributed by atoms with Gasteiger partial charge in [-0.2, -0.15) is 0 Å². The van der Waals surface area contributed by atoms with Crippen LogP contribution in [0.15, 0.2) is 45.6 Å². The summed E-state index contributed by atoms with van der Waals surface area (Å²) in [5.74, 6) is 0.937. The molecular weight excluding hydrogens is 634 g/mol. The van der Waals surface area contributed by atoms with Crippen molar-refractivity contribution in [3.05, 3.63) is 45.6 Å². The summed E-state index contributed by atoms with van der Waals surface area (Å²) in [4.78, 5) is 19.4. The first-order valence-electron chi connectivity index (χ1n) is 11.5. The Morgan fingerprint density at radius 1 is 0.921 bits per heavy atom. The predicted molar refractivity (Wildman–Crippen MR) is 148 cm³/mol. The molecule has 0 spiro atoms. The molecule has 205 valence electrons. The molecule has 0 amide bonds. The molecule has 2 aromatic rings. The fraction of sp³-hybridized carbons (Fsp3) is 0.560. The average molecular weight is 669 g/mol. The van der Waals surface area contributed by atoms with Gasteiger partial charge in [-0.25, -0.2) is 14.8 Å². The summed E-state index contributed by atoms with van der Waals surface area (Å²) >= 11 is 6.64. The van der Waals surface area contributed by atoms with Crippen molar-refractivity contribution in [1.82, 2.24) is 9.97 Å². The van der Waals surface area contributed by atoms with Gasteiger partial charge in [-0.1, -0.05) is 7.43 Å². The minimum absolute atomic E-state index is 0. The van der Waals surface area contributed by atoms with E-state index in [-0.39, 0.29) is 88.7 Å². The molecule has 2 aromatic heterocycles. The van der Waals surface area contributed by atoms with Gasteiger partial charge in [-0.3, -0.25) is 0 Å². The fourth-order valence-corrected chi connectivity index (χ4v) is 3.78. The van der Waals surface area contributed by atoms with E-state index in [9.17, 15) is 4.79 Å². The molecule has 2 saturated carbocycles. The topological polar surface area (TPSA) is 109 Å². The van der Waals surface area contributed by atoms with Gasteiger partial charge >= 0.3 is 24.8 Å². The molecule has 0 atom stereocenters. The number of hydrogen-bond donors (Lipinski definition) is 1. The molecule has 0 aliphatic heterocycles. The van der Waals surface area contributed by atoms with Crippen LogP contribution in [0.1, 0.15) is 41.5 Å². The monoisotopic (exact) mass is 667 g/mol. The van der Waals surface area contributed by atoms with E-state index >= 15 is 0 Å². The van der Waals surface area contributed by atoms with Crippen molar-refractivity contribution in [1.29, 1.82) is 0 Å². The van der Waals surface area contributed by atoms with Crippen molar-refractivity contribution in [2.45, 2.75) is 64.4 Å². The second kappa shape index (κ2) is 20.3. The summed E-state index contributed by atoms with van der Waals surface area (Å²) in [6.07, 6.45) is 7.32. The summed E-state index contributed by atoms with van der Waals surface area (Å²) in [5, 5.41) is 8.59. The Morgan fingerprint density at radius 3 is 1.79 bits per heavy atom. The van der Waals surface area contributed by atoms with E-state index in [0.717, 1.165) is 34.6 Å². The number of esters is 1. The molecule has 0 unspecified atom stereocenters. The number of aromatic nitrogens is 2. The Hall–Kier alpha value is -0.660. The van der Waals surface area contributed by atoms with Crippen molar-refractivity contribution >= 4 is 55.2 Å². The third kappa shape index (κ3) is 13.6. The summed E-state index contributed by atoms with van der Waals surface area (Å²) in [6.45, 7) is 2.66. The number of halogens is 2. The minimum atomic E-state index is -0.318. The third-order valence-corrected chi connectivity index (χ3v) is 6.20. The van der Waals surface area contributed by atoms with E-state index in [1.807, 2.05) is 24.3 Å². The molecule has 0 bridgehead atoms. The zero-order chi connectivity index (χ0) is 25.0. The van der Waals surface area contributed by atoms with Gasteiger partial charge in [0.25, 0.3) is 0 Å². The average Bonchev–Trinajstić information content (AvgIpc) is 2.80. The van der Waals surface area contributed by atoms with Gasteiger partial charge in [0.05, 0.1) is 32.0 Å². The first-order valence-corrected chi connectivity index (χ1v) is 13.1. The molecule has 38 heavy (non-hydrogen) atoms. The van der Waals surface area contributed by atoms with Crippen LogP contribution in [-0.4, -0.2) is 89.2 Å². The van der Waals surface area contributed by atoms with Crippen LogP contribution >= 0.6 is 31.9 Å². The molecule has 1 N–H and O–H groups in total. The van der Waals surface area contributed by atoms with Crippen LogP contribution in [0, 0.1) is 0 Å². The summed E-state index contributed by atoms with van der Waals surface area (Å²) in [6, 6.07) is 7.44. The van der Waals surface area contributed by atoms with Crippen molar-refractivity contribution in [2.24, 2.45) is 0 Å². The number of aliphatic hydroxyl groups is 1. The van der Waals surface area contributed by atoms with Gasteiger partial charge in [-0.15, -0.1) is 0 Å². The van der Waals surface area contributed by atoms with E-state index < -0.39 is 0 Å². The Bertz CT molecular complexity index is 910. The number of rotatable bonds is 11. The van der Waals surface area contributed by atoms with Crippen LogP contribution in [-0.2, 0) is 19.0 Å². The second-order valence-electron chi connectivity index (χ2n) is 8.01. The van der Waals surface area contributed by atoms with Crippen LogP contribution in [0.2, 0.25) is 0 Å². The molecular formula is C25H35AlBr2LiN2O7. The minimum Gasteiger partial charge on any atom is -1.00 e. The Labute approximate surface area is 265 Å². The Morgan fingerprint density at radius 2 is 1.39 bits per heavy atom. The maximum absolute atomic E-state index is 11.1. The zero-order valence-electron chi connectivity index (χ0n) is 22.1. The summed E-state index contributed by atoms with van der Waals surface area (Å²) in [7, 11) is 0. The van der Waals surface area contributed by atoms with Crippen molar-refractivity contribution in [3.8, 4) is 11.8 Å². The molecule has 13 heteroatoms. The van der Waals surface area contributed by atoms with Crippen LogP contribution in [0.25, 0.3) is 0 Å². The Kier molecular flexibility index (Phi) is 19.9. The maximum Gasteiger partial charge on any atom is 1.00 e. The number of ether oxygens (including phenoxy) is 5. The van der Waals surface area contributed by atoms with E-state index in [1.54, 1.807) is 19.3 Å². The molecule has 2 aliphatic rings. The predicted octanol–water partition coefficient (Wildman–Crippen LogP) is 1.47. The number of pyridine rings is 2. The van der Waals surface area contributed by atoms with Crippen LogP contribution in [0.3, 0.4) is 0 Å². The fourth-order valence-electron chi connectivity index (χ4n) is 3.31. The van der Waals surface area contributed by atoms with Gasteiger partial charge in [0.1, 0.15) is 18.8 Å². The first kappa shape index (κ1) is 37.3. The van der Waals surface area contributed by atoms with Gasteiger partial charge in [0.15, 0.2) is 0 Å². The number of aliphatic hydroxyl groups excluding tert-OH is 1. The van der Waals surface area contributed by atoms with Gasteiger partial charge in [0.2, 0.25) is 11.8 Å². The van der Waals surface area contributed by atoms with Gasteiger partial charge < -0.3 is 30.2 Å². The zero-order valence-corrected chi connectivity index (χ0v) is 25.4. The molecule has 0 aromatic carbocycles. The molecule has 9 nitrogen and oxygen atoms in total. The quantitative estimate of drug-likeness (QED) is 0.281. The standard InChI is InChI=1S/C13H16BrNO4.C11H14BrNO3.CH4.Al.Li.H/c1-2-17-13(16)8-18-10-5-11(6-10)19-12-4-3-9(14)7-15-12;12-8-1-2-11(13-7-8)16-10-5-9(6-10)15-4-3-14;;;;/h3-4,7,10-11H,2,5-6,8H2,1H3;1-2,7,9-10,14H,3-6H2;1H4;;;/q;;;;+1;-1. The molecule has 2 fully saturated rings. The molecule has 2 aliphatic carbocycles. The normalized spacial score (nSPS) is 20.8. The van der Waals surface area contributed by atoms with E-state index in [4.69, 9.17) is 28.8 Å². The largest absolute Gasteiger partial charge is 1.00 e. The van der Waals surface area contributed by atoms with E-state index in [2.05, 4.69) is 41.8 Å². The number of nitrogens with zero attached hydrogens (tertiary/aromatic N) is 2. The summed E-state index contributed by atoms with van der Waals surface area (Å²) < 4.78 is 28.7. The first-order chi connectivity index (χ1) is 16.9. The van der Waals surface area contributed by atoms with E-state index in [1.165, 1.54) is 0 Å². The number of hydrogen-bond acceptors (Lipinski definition) is 9. The van der Waals surface area contributed by atoms with Crippen molar-refractivity contribution < 1.29 is 53.9 Å². The van der Waals surface area contributed by atoms with Crippen molar-refractivity contribution in [3.63, 3.8) is 0 Å². The van der Waals surface area contributed by atoms with Crippen LogP contribution < -0.4 is 28.3 Å². The number of carbonyl (C=O) groups is 1. The van der Waals surface area contributed by atoms with Crippen molar-refractivity contribution in [2.75, 3.05) is 26.4 Å². The van der Waals surface area contributed by atoms with Gasteiger partial charge in [-0.05, 0) is 50.9 Å². The smallest absolute Gasteiger partial charge is 1.00 e. The SMILES string of the molecule is C.CCOC(=O)COC1CC(Oc2ccc(Br)cn2)C1.OCCOC1CC(Oc2ccc(Br)cn2)C1.[Al].[H-].[Li+]. The molecule has 2 heterocycles. The Balaban J connectivity index is 0.